The first-order valence-corrected chi connectivity index (χ1v) is 7.00. The van der Waals surface area contributed by atoms with E-state index in [0.29, 0.717) is 5.56 Å². The summed E-state index contributed by atoms with van der Waals surface area (Å²) >= 11 is 3.44. The van der Waals surface area contributed by atoms with E-state index in [1.165, 1.54) is 0 Å². The number of carbonyl (C=O) groups excluding carboxylic acids is 1. The predicted molar refractivity (Wildman–Crippen MR) is 84.6 cm³/mol. The maximum absolute atomic E-state index is 12.5. The second kappa shape index (κ2) is 6.09. The Balaban J connectivity index is 2.32. The molecule has 0 saturated carbocycles. The lowest BCUT2D eigenvalue weighted by molar-refractivity contribution is 0.0992. The zero-order valence-corrected chi connectivity index (χ0v) is 13.3. The molecule has 104 valence electrons. The number of benzene rings is 2. The van der Waals surface area contributed by atoms with Crippen LogP contribution in [-0.4, -0.2) is 20.1 Å². The molecule has 0 N–H and O–H groups in total. The van der Waals surface area contributed by atoms with Gasteiger partial charge in [0, 0.05) is 23.3 Å². The van der Waals surface area contributed by atoms with Crippen molar-refractivity contribution in [1.82, 2.24) is 0 Å². The van der Waals surface area contributed by atoms with Gasteiger partial charge in [-0.1, -0.05) is 12.1 Å². The van der Waals surface area contributed by atoms with Gasteiger partial charge in [-0.25, -0.2) is 0 Å². The molecule has 0 fully saturated rings. The van der Waals surface area contributed by atoms with E-state index in [1.54, 1.807) is 19.1 Å². The molecule has 0 aromatic heterocycles. The molecular formula is C16H16BrNO2. The zero-order chi connectivity index (χ0) is 14.7. The fourth-order valence-electron chi connectivity index (χ4n) is 1.91. The maximum atomic E-state index is 12.5. The number of carbonyl (C=O) groups is 1. The van der Waals surface area contributed by atoms with E-state index >= 15 is 0 Å². The van der Waals surface area contributed by atoms with Crippen LogP contribution in [0.15, 0.2) is 46.9 Å². The van der Waals surface area contributed by atoms with Crippen LogP contribution in [0.25, 0.3) is 0 Å². The van der Waals surface area contributed by atoms with E-state index in [4.69, 9.17) is 4.74 Å². The Hall–Kier alpha value is -1.81. The molecule has 0 heterocycles. The van der Waals surface area contributed by atoms with Crippen LogP contribution in [0.5, 0.6) is 5.75 Å². The molecule has 0 aliphatic carbocycles. The Morgan fingerprint density at radius 2 is 1.95 bits per heavy atom. The third-order valence-electron chi connectivity index (χ3n) is 3.10. The minimum absolute atomic E-state index is 0.0647. The fourth-order valence-corrected chi connectivity index (χ4v) is 2.57. The van der Waals surface area contributed by atoms with Crippen LogP contribution in [0, 0.1) is 6.92 Å². The normalized spacial score (nSPS) is 10.2. The average molecular weight is 334 g/mol. The van der Waals surface area contributed by atoms with Gasteiger partial charge in [-0.2, -0.15) is 0 Å². The number of halogens is 1. The maximum Gasteiger partial charge on any atom is 0.259 e. The van der Waals surface area contributed by atoms with Crippen LogP contribution < -0.4 is 9.64 Å². The first kappa shape index (κ1) is 14.6. The van der Waals surface area contributed by atoms with Crippen LogP contribution in [0.1, 0.15) is 15.9 Å². The van der Waals surface area contributed by atoms with E-state index in [1.807, 2.05) is 49.4 Å². The lowest BCUT2D eigenvalue weighted by Crippen LogP contribution is -2.26. The predicted octanol–water partition coefficient (Wildman–Crippen LogP) is 4.04. The van der Waals surface area contributed by atoms with E-state index < -0.39 is 0 Å². The van der Waals surface area contributed by atoms with Crippen molar-refractivity contribution in [3.8, 4) is 5.75 Å². The second-order valence-corrected chi connectivity index (χ2v) is 5.40. The van der Waals surface area contributed by atoms with Crippen molar-refractivity contribution in [2.75, 3.05) is 19.1 Å². The number of ether oxygens (including phenoxy) is 1. The monoisotopic (exact) mass is 333 g/mol. The molecule has 0 spiro atoms. The van der Waals surface area contributed by atoms with Crippen LogP contribution >= 0.6 is 15.9 Å². The van der Waals surface area contributed by atoms with Crippen molar-refractivity contribution in [3.05, 3.63) is 58.1 Å². The Bertz CT molecular complexity index is 640. The third kappa shape index (κ3) is 3.02. The molecule has 0 aliphatic heterocycles. The average Bonchev–Trinajstić information content (AvgIpc) is 2.46. The van der Waals surface area contributed by atoms with Crippen molar-refractivity contribution >= 4 is 27.5 Å². The third-order valence-corrected chi connectivity index (χ3v) is 3.76. The minimum atomic E-state index is -0.0647. The molecule has 0 radical (unpaired) electrons. The molecule has 0 bridgehead atoms. The summed E-state index contributed by atoms with van der Waals surface area (Å²) < 4.78 is 5.99. The summed E-state index contributed by atoms with van der Waals surface area (Å²) in [6.07, 6.45) is 0. The summed E-state index contributed by atoms with van der Waals surface area (Å²) in [5.41, 5.74) is 2.54. The van der Waals surface area contributed by atoms with Gasteiger partial charge in [-0.05, 0) is 52.7 Å². The van der Waals surface area contributed by atoms with Crippen LogP contribution in [0.2, 0.25) is 0 Å². The van der Waals surface area contributed by atoms with Crippen molar-refractivity contribution < 1.29 is 9.53 Å². The van der Waals surface area contributed by atoms with Gasteiger partial charge < -0.3 is 9.64 Å². The van der Waals surface area contributed by atoms with Crippen molar-refractivity contribution in [1.29, 1.82) is 0 Å². The van der Waals surface area contributed by atoms with Gasteiger partial charge in [0.05, 0.1) is 12.7 Å². The van der Waals surface area contributed by atoms with Crippen molar-refractivity contribution in [2.45, 2.75) is 6.92 Å². The lowest BCUT2D eigenvalue weighted by atomic mass is 10.1. The Morgan fingerprint density at radius 1 is 1.20 bits per heavy atom. The summed E-state index contributed by atoms with van der Waals surface area (Å²) in [4.78, 5) is 14.1. The quantitative estimate of drug-likeness (QED) is 0.848. The Labute approximate surface area is 127 Å². The van der Waals surface area contributed by atoms with E-state index in [2.05, 4.69) is 15.9 Å². The van der Waals surface area contributed by atoms with Crippen LogP contribution in [0.3, 0.4) is 0 Å². The summed E-state index contributed by atoms with van der Waals surface area (Å²) in [6.45, 7) is 1.99. The molecule has 4 heteroatoms. The standard InChI is InChI=1S/C16H16BrNO2/c1-11-7-8-14(15(17)9-11)16(19)18(2)12-5-4-6-13(10-12)20-3/h4-10H,1-3H3. The van der Waals surface area contributed by atoms with E-state index in [0.717, 1.165) is 21.5 Å². The SMILES string of the molecule is COc1cccc(N(C)C(=O)c2ccc(C)cc2Br)c1. The van der Waals surface area contributed by atoms with Gasteiger partial charge in [0.1, 0.15) is 5.75 Å². The molecule has 0 unspecified atom stereocenters. The van der Waals surface area contributed by atoms with E-state index in [-0.39, 0.29) is 5.91 Å². The molecule has 0 saturated heterocycles. The first-order chi connectivity index (χ1) is 9.52. The van der Waals surface area contributed by atoms with Crippen LogP contribution in [0.4, 0.5) is 5.69 Å². The molecule has 2 aromatic rings. The zero-order valence-electron chi connectivity index (χ0n) is 11.7. The number of hydrogen-bond acceptors (Lipinski definition) is 2. The first-order valence-electron chi connectivity index (χ1n) is 6.21. The Morgan fingerprint density at radius 3 is 2.60 bits per heavy atom. The summed E-state index contributed by atoms with van der Waals surface area (Å²) in [7, 11) is 3.36. The van der Waals surface area contributed by atoms with Gasteiger partial charge in [0.15, 0.2) is 0 Å². The molecule has 1 amide bonds. The lowest BCUT2D eigenvalue weighted by Gasteiger charge is -2.19. The highest BCUT2D eigenvalue weighted by molar-refractivity contribution is 9.10. The topological polar surface area (TPSA) is 29.5 Å². The molecule has 2 aromatic carbocycles. The number of rotatable bonds is 3. The molecule has 3 nitrogen and oxygen atoms in total. The summed E-state index contributed by atoms with van der Waals surface area (Å²) in [5.74, 6) is 0.662. The van der Waals surface area contributed by atoms with Gasteiger partial charge in [0.2, 0.25) is 0 Å². The Kier molecular flexibility index (Phi) is 4.45. The number of hydrogen-bond donors (Lipinski definition) is 0. The highest BCUT2D eigenvalue weighted by Gasteiger charge is 2.16. The van der Waals surface area contributed by atoms with E-state index in [9.17, 15) is 4.79 Å². The molecular weight excluding hydrogens is 318 g/mol. The molecule has 0 atom stereocenters. The van der Waals surface area contributed by atoms with Gasteiger partial charge in [0.25, 0.3) is 5.91 Å². The number of aryl methyl sites for hydroxylation is 1. The van der Waals surface area contributed by atoms with Crippen molar-refractivity contribution in [3.63, 3.8) is 0 Å². The van der Waals surface area contributed by atoms with Crippen LogP contribution in [-0.2, 0) is 0 Å². The highest BCUT2D eigenvalue weighted by atomic mass is 79.9. The number of methoxy groups -OCH3 is 1. The van der Waals surface area contributed by atoms with Crippen molar-refractivity contribution in [2.24, 2.45) is 0 Å². The number of anilines is 1. The number of amides is 1. The minimum Gasteiger partial charge on any atom is -0.497 e. The largest absolute Gasteiger partial charge is 0.497 e. The molecule has 0 aliphatic rings. The number of nitrogens with zero attached hydrogens (tertiary/aromatic N) is 1. The van der Waals surface area contributed by atoms with Gasteiger partial charge in [-0.15, -0.1) is 0 Å². The summed E-state index contributed by atoms with van der Waals surface area (Å²) in [5, 5.41) is 0. The second-order valence-electron chi connectivity index (χ2n) is 4.55. The van der Waals surface area contributed by atoms with Gasteiger partial charge in [-0.3, -0.25) is 4.79 Å². The smallest absolute Gasteiger partial charge is 0.259 e. The van der Waals surface area contributed by atoms with Gasteiger partial charge >= 0.3 is 0 Å². The molecule has 20 heavy (non-hydrogen) atoms. The highest BCUT2D eigenvalue weighted by Crippen LogP contribution is 2.24. The molecule has 2 rings (SSSR count). The fraction of sp³-hybridized carbons (Fsp3) is 0.188. The summed E-state index contributed by atoms with van der Waals surface area (Å²) in [6, 6.07) is 13.1.